The number of aromatic nitrogens is 2. The number of amides is 4. The van der Waals surface area contributed by atoms with Crippen LogP contribution in [0, 0.1) is 0 Å². The minimum atomic E-state index is -0.673. The summed E-state index contributed by atoms with van der Waals surface area (Å²) in [6.45, 7) is 12.1. The average molecular weight is 796 g/mol. The molecule has 4 amide bonds. The van der Waals surface area contributed by atoms with E-state index in [1.807, 2.05) is 32.0 Å². The molecule has 3 aromatic carbocycles. The molecule has 3 heterocycles. The number of anilines is 2. The number of urea groups is 1. The molecule has 0 spiro atoms. The van der Waals surface area contributed by atoms with Gasteiger partial charge >= 0.3 is 12.1 Å². The van der Waals surface area contributed by atoms with Crippen molar-refractivity contribution in [3.63, 3.8) is 0 Å². The summed E-state index contributed by atoms with van der Waals surface area (Å²) in [6, 6.07) is 20.7. The molecule has 1 saturated heterocycles. The molecule has 14 heteroatoms. The van der Waals surface area contributed by atoms with Gasteiger partial charge in [-0.05, 0) is 101 Å². The van der Waals surface area contributed by atoms with E-state index < -0.39 is 11.7 Å². The van der Waals surface area contributed by atoms with Gasteiger partial charge in [0.15, 0.2) is 5.13 Å². The number of carbonyl (C=O) groups is 3. The van der Waals surface area contributed by atoms with Gasteiger partial charge < -0.3 is 34.7 Å². The van der Waals surface area contributed by atoms with E-state index >= 15 is 0 Å². The highest BCUT2D eigenvalue weighted by molar-refractivity contribution is 7.17. The summed E-state index contributed by atoms with van der Waals surface area (Å²) in [4.78, 5) is 47.1. The maximum Gasteiger partial charge on any atom is 0.410 e. The fourth-order valence-corrected chi connectivity index (χ4v) is 7.39. The first-order valence-corrected chi connectivity index (χ1v) is 20.3. The zero-order valence-corrected chi connectivity index (χ0v) is 34.3. The molecule has 1 aliphatic heterocycles. The third-order valence-corrected chi connectivity index (χ3v) is 10.6. The standard InChI is InChI=1S/C43H53N7O6S/c1-7-31(8-2)45-40(53)46-32-15-18-37(29(23-32)25-48(6)42(54)56-43(3,4)5)55-38-24-44-41(57-38)47-39(52)28-13-16-33(17-14-28)50-27-30(35-11-9-10-12-36(35)50)26-49-21-19-34(51)20-22-49/h9-18,23-24,27,31,34,51H,7-8,19-22,25-26H2,1-6H3,(H,44,47,52)(H2,45,46,53). The van der Waals surface area contributed by atoms with Crippen molar-refractivity contribution in [2.45, 2.75) is 91.1 Å². The van der Waals surface area contributed by atoms with Crippen molar-refractivity contribution < 1.29 is 29.0 Å². The number of ether oxygens (including phenoxy) is 2. The van der Waals surface area contributed by atoms with Crippen LogP contribution in [0.2, 0.25) is 0 Å². The minimum Gasteiger partial charge on any atom is -0.445 e. The number of piperidine rings is 1. The lowest BCUT2D eigenvalue weighted by Crippen LogP contribution is -2.37. The highest BCUT2D eigenvalue weighted by Gasteiger charge is 2.23. The molecule has 5 aromatic rings. The van der Waals surface area contributed by atoms with Crippen LogP contribution in [-0.2, 0) is 17.8 Å². The second-order valence-electron chi connectivity index (χ2n) is 15.4. The van der Waals surface area contributed by atoms with Crippen molar-refractivity contribution in [3.05, 3.63) is 95.8 Å². The molecular weight excluding hydrogens is 743 g/mol. The van der Waals surface area contributed by atoms with Gasteiger partial charge in [-0.15, -0.1) is 0 Å². The Hall–Kier alpha value is -5.44. The van der Waals surface area contributed by atoms with Crippen LogP contribution in [0.25, 0.3) is 16.6 Å². The Kier molecular flexibility index (Phi) is 13.2. The van der Waals surface area contributed by atoms with E-state index in [-0.39, 0.29) is 30.6 Å². The van der Waals surface area contributed by atoms with E-state index in [0.717, 1.165) is 56.5 Å². The van der Waals surface area contributed by atoms with Crippen LogP contribution >= 0.6 is 11.3 Å². The lowest BCUT2D eigenvalue weighted by molar-refractivity contribution is 0.0284. The van der Waals surface area contributed by atoms with Gasteiger partial charge in [-0.3, -0.25) is 15.0 Å². The third-order valence-electron chi connectivity index (χ3n) is 9.82. The second-order valence-corrected chi connectivity index (χ2v) is 16.4. The van der Waals surface area contributed by atoms with Crippen molar-refractivity contribution in [2.24, 2.45) is 0 Å². The van der Waals surface area contributed by atoms with Crippen molar-refractivity contribution in [3.8, 4) is 16.5 Å². The number of hydrogen-bond donors (Lipinski definition) is 4. The normalized spacial score (nSPS) is 13.8. The molecule has 0 aliphatic carbocycles. The van der Waals surface area contributed by atoms with Gasteiger partial charge in [-0.2, -0.15) is 0 Å². The van der Waals surface area contributed by atoms with Crippen LogP contribution in [0.3, 0.4) is 0 Å². The second kappa shape index (κ2) is 18.2. The summed E-state index contributed by atoms with van der Waals surface area (Å²) in [6.07, 6.45) is 6.19. The van der Waals surface area contributed by atoms with Crippen LogP contribution < -0.4 is 20.7 Å². The van der Waals surface area contributed by atoms with Gasteiger partial charge in [-0.1, -0.05) is 43.4 Å². The minimum absolute atomic E-state index is 0.0530. The molecule has 4 N–H and O–H groups in total. The Labute approximate surface area is 338 Å². The molecule has 13 nitrogen and oxygen atoms in total. The topological polar surface area (TPSA) is 150 Å². The number of hydrogen-bond acceptors (Lipinski definition) is 9. The monoisotopic (exact) mass is 795 g/mol. The zero-order valence-electron chi connectivity index (χ0n) is 33.5. The van der Waals surface area contributed by atoms with E-state index in [1.165, 1.54) is 33.4 Å². The van der Waals surface area contributed by atoms with Crippen LogP contribution in [0.5, 0.6) is 10.8 Å². The number of nitrogens with one attached hydrogen (secondary N) is 3. The van der Waals surface area contributed by atoms with Crippen LogP contribution in [0.1, 0.15) is 81.8 Å². The molecule has 0 atom stereocenters. The van der Waals surface area contributed by atoms with Crippen LogP contribution in [-0.4, -0.2) is 80.4 Å². The number of thiazole rings is 1. The first-order chi connectivity index (χ1) is 27.3. The third kappa shape index (κ3) is 10.9. The Morgan fingerprint density at radius 2 is 1.70 bits per heavy atom. The van der Waals surface area contributed by atoms with Crippen molar-refractivity contribution in [1.29, 1.82) is 0 Å². The van der Waals surface area contributed by atoms with E-state index in [1.54, 1.807) is 58.2 Å². The van der Waals surface area contributed by atoms with Gasteiger partial charge in [0, 0.05) is 66.8 Å². The summed E-state index contributed by atoms with van der Waals surface area (Å²) in [7, 11) is 1.63. The molecular formula is C43H53N7O6S. The quantitative estimate of drug-likeness (QED) is 0.0924. The molecule has 6 rings (SSSR count). The number of likely N-dealkylation sites (tertiary alicyclic amines) is 1. The summed E-state index contributed by atoms with van der Waals surface area (Å²) < 4.78 is 14.0. The molecule has 0 radical (unpaired) electrons. The molecule has 0 bridgehead atoms. The lowest BCUT2D eigenvalue weighted by Gasteiger charge is -2.29. The fraction of sp³-hybridized carbons (Fsp3) is 0.395. The van der Waals surface area contributed by atoms with Crippen molar-refractivity contribution in [1.82, 2.24) is 24.7 Å². The van der Waals surface area contributed by atoms with Crippen LogP contribution in [0.4, 0.5) is 20.4 Å². The predicted octanol–water partition coefficient (Wildman–Crippen LogP) is 8.77. The maximum absolute atomic E-state index is 13.4. The van der Waals surface area contributed by atoms with Gasteiger partial charge in [0.05, 0.1) is 24.4 Å². The Morgan fingerprint density at radius 1 is 0.982 bits per heavy atom. The molecule has 302 valence electrons. The molecule has 0 unspecified atom stereocenters. The number of rotatable bonds is 13. The largest absolute Gasteiger partial charge is 0.445 e. The molecule has 0 saturated carbocycles. The summed E-state index contributed by atoms with van der Waals surface area (Å²) in [5.74, 6) is 0.137. The Bertz CT molecular complexity index is 2160. The Balaban J connectivity index is 1.13. The predicted molar refractivity (Wildman–Crippen MR) is 225 cm³/mol. The van der Waals surface area contributed by atoms with Gasteiger partial charge in [0.25, 0.3) is 5.91 Å². The molecule has 57 heavy (non-hydrogen) atoms. The lowest BCUT2D eigenvalue weighted by atomic mass is 10.1. The fourth-order valence-electron chi connectivity index (χ4n) is 6.71. The average Bonchev–Trinajstić information content (AvgIpc) is 3.78. The Morgan fingerprint density at radius 3 is 2.40 bits per heavy atom. The van der Waals surface area contributed by atoms with E-state index in [2.05, 4.69) is 54.8 Å². The molecule has 1 fully saturated rings. The highest BCUT2D eigenvalue weighted by Crippen LogP contribution is 2.35. The maximum atomic E-state index is 13.4. The smallest absolute Gasteiger partial charge is 0.410 e. The van der Waals surface area contributed by atoms with E-state index in [9.17, 15) is 19.5 Å². The van der Waals surface area contributed by atoms with Gasteiger partial charge in [0.2, 0.25) is 5.06 Å². The highest BCUT2D eigenvalue weighted by atomic mass is 32.1. The zero-order chi connectivity index (χ0) is 40.7. The van der Waals surface area contributed by atoms with Crippen LogP contribution in [0.15, 0.2) is 79.1 Å². The molecule has 1 aliphatic rings. The van der Waals surface area contributed by atoms with E-state index in [4.69, 9.17) is 9.47 Å². The van der Waals surface area contributed by atoms with Gasteiger partial charge in [0.1, 0.15) is 11.4 Å². The summed E-state index contributed by atoms with van der Waals surface area (Å²) in [5.41, 5.74) is 4.21. The van der Waals surface area contributed by atoms with Crippen molar-refractivity contribution >= 4 is 51.1 Å². The summed E-state index contributed by atoms with van der Waals surface area (Å²) >= 11 is 1.17. The number of nitrogens with zero attached hydrogens (tertiary/aromatic N) is 4. The van der Waals surface area contributed by atoms with Crippen molar-refractivity contribution in [2.75, 3.05) is 30.8 Å². The number of para-hydroxylation sites is 1. The molecule has 2 aromatic heterocycles. The first-order valence-electron chi connectivity index (χ1n) is 19.5. The number of benzene rings is 3. The number of carbonyl (C=O) groups excluding carboxylic acids is 3. The number of fused-ring (bicyclic) bond motifs is 1. The SMILES string of the molecule is CCC(CC)NC(=O)Nc1ccc(Oc2cnc(NC(=O)c3ccc(-n4cc(CN5CCC(O)CC5)c5ccccc54)cc3)s2)c(CN(C)C(=O)OC(C)(C)C)c1. The first kappa shape index (κ1) is 41.2. The number of aliphatic hydroxyl groups excluding tert-OH is 1. The summed E-state index contributed by atoms with van der Waals surface area (Å²) in [5, 5.41) is 20.6. The van der Waals surface area contributed by atoms with Gasteiger partial charge in [-0.25, -0.2) is 14.6 Å². The number of aliphatic hydroxyl groups is 1. The van der Waals surface area contributed by atoms with E-state index in [0.29, 0.717) is 32.8 Å².